The Labute approximate surface area is 86.3 Å². The lowest BCUT2D eigenvalue weighted by atomic mass is 10.5. The lowest BCUT2D eigenvalue weighted by molar-refractivity contribution is -0.283. The van der Waals surface area contributed by atoms with Gasteiger partial charge in [0, 0.05) is 0 Å². The Kier molecular flexibility index (Phi) is 6.43. The van der Waals surface area contributed by atoms with Crippen LogP contribution in [-0.2, 0) is 18.1 Å². The molecule has 0 bridgehead atoms. The van der Waals surface area contributed by atoms with Crippen LogP contribution < -0.4 is 0 Å². The number of alkyl halides is 3. The zero-order valence-electron chi connectivity index (χ0n) is 8.54. The van der Waals surface area contributed by atoms with Gasteiger partial charge in [0.15, 0.2) is 0 Å². The molecule has 0 aliphatic rings. The van der Waals surface area contributed by atoms with Crippen LogP contribution in [0.1, 0.15) is 26.7 Å². The van der Waals surface area contributed by atoms with Crippen LogP contribution >= 0.6 is 7.82 Å². The van der Waals surface area contributed by atoms with Crippen molar-refractivity contribution in [2.24, 2.45) is 0 Å². The van der Waals surface area contributed by atoms with E-state index >= 15 is 0 Å². The van der Waals surface area contributed by atoms with Crippen molar-refractivity contribution in [1.29, 1.82) is 0 Å². The van der Waals surface area contributed by atoms with Crippen LogP contribution in [0.2, 0.25) is 0 Å². The van der Waals surface area contributed by atoms with Gasteiger partial charge in [0.1, 0.15) is 0 Å². The fourth-order valence-electron chi connectivity index (χ4n) is 0.623. The van der Waals surface area contributed by atoms with E-state index in [1.165, 1.54) is 0 Å². The van der Waals surface area contributed by atoms with Gasteiger partial charge < -0.3 is 0 Å². The molecule has 0 radical (unpaired) electrons. The summed E-state index contributed by atoms with van der Waals surface area (Å²) in [5.41, 5.74) is 0. The first-order chi connectivity index (χ1) is 6.83. The molecule has 0 spiro atoms. The molecule has 0 aromatic rings. The van der Waals surface area contributed by atoms with Crippen molar-refractivity contribution in [2.45, 2.75) is 33.1 Å². The predicted octanol–water partition coefficient (Wildman–Crippen LogP) is 3.48. The van der Waals surface area contributed by atoms with Gasteiger partial charge >= 0.3 is 14.2 Å². The smallest absolute Gasteiger partial charge is 0.287 e. The van der Waals surface area contributed by atoms with Gasteiger partial charge in [0.05, 0.1) is 13.2 Å². The van der Waals surface area contributed by atoms with Crippen molar-refractivity contribution >= 4 is 7.82 Å². The highest BCUT2D eigenvalue weighted by Crippen LogP contribution is 2.53. The number of hydrogen-bond acceptors (Lipinski definition) is 4. The van der Waals surface area contributed by atoms with Crippen LogP contribution in [0, 0.1) is 0 Å². The van der Waals surface area contributed by atoms with Gasteiger partial charge in [-0.3, -0.25) is 9.05 Å². The second-order valence-electron chi connectivity index (χ2n) is 2.65. The van der Waals surface area contributed by atoms with Crippen molar-refractivity contribution in [3.8, 4) is 0 Å². The molecular formula is C7H14F3O4P. The Morgan fingerprint density at radius 3 is 1.73 bits per heavy atom. The van der Waals surface area contributed by atoms with E-state index < -0.39 is 14.2 Å². The molecular weight excluding hydrogens is 236 g/mol. The minimum absolute atomic E-state index is 0.114. The topological polar surface area (TPSA) is 44.8 Å². The molecule has 0 atom stereocenters. The summed E-state index contributed by atoms with van der Waals surface area (Å²) in [6.07, 6.45) is -4.20. The first kappa shape index (κ1) is 14.9. The maximum absolute atomic E-state index is 11.9. The molecule has 8 heteroatoms. The monoisotopic (exact) mass is 250 g/mol. The maximum Gasteiger partial charge on any atom is 0.531 e. The van der Waals surface area contributed by atoms with Crippen LogP contribution in [0.25, 0.3) is 0 Å². The lowest BCUT2D eigenvalue weighted by Gasteiger charge is -2.18. The third-order valence-corrected chi connectivity index (χ3v) is 2.55. The van der Waals surface area contributed by atoms with Gasteiger partial charge in [-0.1, -0.05) is 13.8 Å². The van der Waals surface area contributed by atoms with Gasteiger partial charge in [-0.05, 0) is 12.8 Å². The minimum atomic E-state index is -5.03. The number of phosphoric ester groups is 1. The summed E-state index contributed by atoms with van der Waals surface area (Å²) in [5.74, 6) is 0. The Balaban J connectivity index is 4.34. The van der Waals surface area contributed by atoms with Gasteiger partial charge in [-0.25, -0.2) is 4.57 Å². The van der Waals surface area contributed by atoms with Crippen LogP contribution in [-0.4, -0.2) is 19.6 Å². The van der Waals surface area contributed by atoms with Crippen LogP contribution in [0.3, 0.4) is 0 Å². The van der Waals surface area contributed by atoms with E-state index in [0.717, 1.165) is 0 Å². The van der Waals surface area contributed by atoms with Crippen LogP contribution in [0.4, 0.5) is 13.2 Å². The number of phosphoric acid groups is 1. The van der Waals surface area contributed by atoms with E-state index in [2.05, 4.69) is 13.6 Å². The summed E-state index contributed by atoms with van der Waals surface area (Å²) in [7, 11) is -4.50. The molecule has 0 aliphatic heterocycles. The molecule has 0 saturated carbocycles. The van der Waals surface area contributed by atoms with E-state index in [-0.39, 0.29) is 13.2 Å². The molecule has 0 aromatic carbocycles. The second kappa shape index (κ2) is 6.48. The Bertz CT molecular complexity index is 207. The normalized spacial score (nSPS) is 13.1. The molecule has 0 heterocycles. The minimum Gasteiger partial charge on any atom is -0.287 e. The summed E-state index contributed by atoms with van der Waals surface area (Å²) in [6, 6.07) is 0. The van der Waals surface area contributed by atoms with Gasteiger partial charge in [0.25, 0.3) is 0 Å². The molecule has 0 fully saturated rings. The fourth-order valence-corrected chi connectivity index (χ4v) is 1.87. The van der Waals surface area contributed by atoms with Crippen LogP contribution in [0.15, 0.2) is 0 Å². The zero-order valence-corrected chi connectivity index (χ0v) is 9.44. The summed E-state index contributed by atoms with van der Waals surface area (Å²) in [6.45, 7) is 3.10. The number of hydrogen-bond donors (Lipinski definition) is 0. The molecule has 0 amide bonds. The first-order valence-corrected chi connectivity index (χ1v) is 5.95. The molecule has 0 N–H and O–H groups in total. The first-order valence-electron chi connectivity index (χ1n) is 4.49. The quantitative estimate of drug-likeness (QED) is 0.649. The molecule has 0 unspecified atom stereocenters. The average Bonchev–Trinajstić information content (AvgIpc) is 2.09. The van der Waals surface area contributed by atoms with Crippen molar-refractivity contribution in [3.05, 3.63) is 0 Å². The van der Waals surface area contributed by atoms with E-state index in [9.17, 15) is 17.7 Å². The van der Waals surface area contributed by atoms with Crippen LogP contribution in [0.5, 0.6) is 0 Å². The van der Waals surface area contributed by atoms with Crippen molar-refractivity contribution in [3.63, 3.8) is 0 Å². The second-order valence-corrected chi connectivity index (χ2v) is 4.24. The van der Waals surface area contributed by atoms with Crippen molar-refractivity contribution < 1.29 is 31.3 Å². The lowest BCUT2D eigenvalue weighted by Crippen LogP contribution is -2.14. The largest absolute Gasteiger partial charge is 0.531 e. The highest BCUT2D eigenvalue weighted by atomic mass is 31.2. The highest BCUT2D eigenvalue weighted by molar-refractivity contribution is 7.48. The molecule has 92 valence electrons. The van der Waals surface area contributed by atoms with E-state index in [1.54, 1.807) is 13.8 Å². The summed E-state index contributed by atoms with van der Waals surface area (Å²) in [4.78, 5) is 0. The average molecular weight is 250 g/mol. The molecule has 0 aromatic heterocycles. The predicted molar refractivity (Wildman–Crippen MR) is 47.2 cm³/mol. The molecule has 0 saturated heterocycles. The van der Waals surface area contributed by atoms with Gasteiger partial charge in [-0.2, -0.15) is 4.52 Å². The third kappa shape index (κ3) is 7.79. The van der Waals surface area contributed by atoms with Crippen molar-refractivity contribution in [2.75, 3.05) is 13.2 Å². The van der Waals surface area contributed by atoms with E-state index in [0.29, 0.717) is 12.8 Å². The SMILES string of the molecule is CCCOP(=O)(OCCC)OC(F)(F)F. The standard InChI is InChI=1S/C7H14F3O4P/c1-3-5-12-15(11,13-6-4-2)14-7(8,9)10/h3-6H2,1-2H3. The Morgan fingerprint density at radius 1 is 1.07 bits per heavy atom. The Morgan fingerprint density at radius 2 is 1.47 bits per heavy atom. The third-order valence-electron chi connectivity index (χ3n) is 1.12. The molecule has 0 rings (SSSR count). The number of halogens is 3. The summed E-state index contributed by atoms with van der Waals surface area (Å²) in [5, 5.41) is 0. The Hall–Kier alpha value is -0.100. The summed E-state index contributed by atoms with van der Waals surface area (Å²) >= 11 is 0. The van der Waals surface area contributed by atoms with E-state index in [1.807, 2.05) is 0 Å². The maximum atomic E-state index is 11.9. The highest BCUT2D eigenvalue weighted by Gasteiger charge is 2.42. The summed E-state index contributed by atoms with van der Waals surface area (Å²) < 4.78 is 59.1. The molecule has 4 nitrogen and oxygen atoms in total. The fraction of sp³-hybridized carbons (Fsp3) is 1.00. The molecule has 15 heavy (non-hydrogen) atoms. The molecule has 0 aliphatic carbocycles. The number of rotatable bonds is 7. The van der Waals surface area contributed by atoms with Gasteiger partial charge in [-0.15, -0.1) is 13.2 Å². The van der Waals surface area contributed by atoms with Gasteiger partial charge in [0.2, 0.25) is 0 Å². The zero-order chi connectivity index (χ0) is 11.9. The van der Waals surface area contributed by atoms with E-state index in [4.69, 9.17) is 0 Å². The van der Waals surface area contributed by atoms with Crippen molar-refractivity contribution in [1.82, 2.24) is 0 Å².